The molecule has 0 saturated heterocycles. The van der Waals surface area contributed by atoms with E-state index in [1.807, 2.05) is 0 Å². The van der Waals surface area contributed by atoms with E-state index in [0.717, 1.165) is 7.11 Å². The van der Waals surface area contributed by atoms with Crippen molar-refractivity contribution < 1.29 is 27.5 Å². The van der Waals surface area contributed by atoms with Crippen molar-refractivity contribution in [2.24, 2.45) is 5.92 Å². The molecule has 0 aromatic heterocycles. The highest BCUT2D eigenvalue weighted by molar-refractivity contribution is 5.83. The van der Waals surface area contributed by atoms with Gasteiger partial charge in [0.2, 0.25) is 0 Å². The molecule has 0 N–H and O–H groups in total. The lowest BCUT2D eigenvalue weighted by Gasteiger charge is -2.31. The molecule has 0 aliphatic rings. The molecule has 2 unspecified atom stereocenters. The SMILES string of the molecule is COC(=O)C(C)CN(C(=O)C(F)(F)F)C(C)c1ccccc1. The lowest BCUT2D eigenvalue weighted by atomic mass is 10.0. The molecule has 0 heterocycles. The van der Waals surface area contributed by atoms with Crippen LogP contribution in [0.3, 0.4) is 0 Å². The number of nitrogens with zero attached hydrogens (tertiary/aromatic N) is 1. The number of amides is 1. The van der Waals surface area contributed by atoms with E-state index >= 15 is 0 Å². The Balaban J connectivity index is 3.06. The van der Waals surface area contributed by atoms with Crippen LogP contribution in [0.5, 0.6) is 0 Å². The number of hydrogen-bond donors (Lipinski definition) is 0. The Labute approximate surface area is 126 Å². The van der Waals surface area contributed by atoms with Gasteiger partial charge in [-0.2, -0.15) is 13.2 Å². The number of carbonyl (C=O) groups is 2. The summed E-state index contributed by atoms with van der Waals surface area (Å²) in [5, 5.41) is 0. The number of benzene rings is 1. The van der Waals surface area contributed by atoms with Crippen LogP contribution in [0.25, 0.3) is 0 Å². The van der Waals surface area contributed by atoms with E-state index in [9.17, 15) is 22.8 Å². The normalized spacial score (nSPS) is 14.1. The van der Waals surface area contributed by atoms with Crippen LogP contribution in [0.1, 0.15) is 25.5 Å². The van der Waals surface area contributed by atoms with Gasteiger partial charge in [0.05, 0.1) is 19.1 Å². The highest BCUT2D eigenvalue weighted by atomic mass is 19.4. The Kier molecular flexibility index (Phi) is 5.96. The van der Waals surface area contributed by atoms with Gasteiger partial charge in [-0.3, -0.25) is 9.59 Å². The average molecular weight is 317 g/mol. The lowest BCUT2D eigenvalue weighted by Crippen LogP contribution is -2.45. The number of ether oxygens (including phenoxy) is 1. The van der Waals surface area contributed by atoms with Crippen LogP contribution in [-0.2, 0) is 14.3 Å². The fourth-order valence-electron chi connectivity index (χ4n) is 2.06. The van der Waals surface area contributed by atoms with Gasteiger partial charge in [-0.1, -0.05) is 37.3 Å². The third-order valence-electron chi connectivity index (χ3n) is 3.33. The third-order valence-corrected chi connectivity index (χ3v) is 3.33. The molecule has 1 aromatic rings. The second-order valence-corrected chi connectivity index (χ2v) is 4.97. The minimum atomic E-state index is -5.00. The predicted octanol–water partition coefficient (Wildman–Crippen LogP) is 2.95. The van der Waals surface area contributed by atoms with Crippen molar-refractivity contribution >= 4 is 11.9 Å². The van der Waals surface area contributed by atoms with Gasteiger partial charge >= 0.3 is 18.1 Å². The van der Waals surface area contributed by atoms with Crippen LogP contribution in [0, 0.1) is 5.92 Å². The van der Waals surface area contributed by atoms with Crippen LogP contribution >= 0.6 is 0 Å². The zero-order valence-corrected chi connectivity index (χ0v) is 12.6. The molecule has 0 aliphatic heterocycles. The smallest absolute Gasteiger partial charge is 0.469 e. The second-order valence-electron chi connectivity index (χ2n) is 4.97. The Bertz CT molecular complexity index is 517. The first-order valence-electron chi connectivity index (χ1n) is 6.69. The maximum atomic E-state index is 12.8. The first-order chi connectivity index (χ1) is 10.2. The number of methoxy groups -OCH3 is 1. The minimum Gasteiger partial charge on any atom is -0.469 e. The second kappa shape index (κ2) is 7.29. The van der Waals surface area contributed by atoms with Crippen LogP contribution in [0.4, 0.5) is 13.2 Å². The standard InChI is InChI=1S/C15H18F3NO3/c1-10(13(20)22-3)9-19(14(21)15(16,17)18)11(2)12-7-5-4-6-8-12/h4-8,10-11H,9H2,1-3H3. The summed E-state index contributed by atoms with van der Waals surface area (Å²) >= 11 is 0. The number of esters is 1. The molecule has 7 heteroatoms. The van der Waals surface area contributed by atoms with Gasteiger partial charge < -0.3 is 9.64 Å². The molecule has 0 saturated carbocycles. The van der Waals surface area contributed by atoms with E-state index in [2.05, 4.69) is 4.74 Å². The van der Waals surface area contributed by atoms with Gasteiger partial charge in [0, 0.05) is 6.54 Å². The van der Waals surface area contributed by atoms with Crippen molar-refractivity contribution in [2.75, 3.05) is 13.7 Å². The van der Waals surface area contributed by atoms with Crippen molar-refractivity contribution in [1.29, 1.82) is 0 Å². The Morgan fingerprint density at radius 1 is 1.18 bits per heavy atom. The van der Waals surface area contributed by atoms with Gasteiger partial charge in [-0.15, -0.1) is 0 Å². The number of hydrogen-bond acceptors (Lipinski definition) is 3. The van der Waals surface area contributed by atoms with Crippen molar-refractivity contribution in [2.45, 2.75) is 26.1 Å². The zero-order valence-electron chi connectivity index (χ0n) is 12.6. The third kappa shape index (κ3) is 4.47. The largest absolute Gasteiger partial charge is 0.471 e. The molecular formula is C15H18F3NO3. The zero-order chi connectivity index (χ0) is 16.9. The maximum Gasteiger partial charge on any atom is 0.471 e. The summed E-state index contributed by atoms with van der Waals surface area (Å²) in [7, 11) is 1.15. The summed E-state index contributed by atoms with van der Waals surface area (Å²) in [5.74, 6) is -3.50. The van der Waals surface area contributed by atoms with Gasteiger partial charge in [0.25, 0.3) is 0 Å². The molecule has 1 rings (SSSR count). The minimum absolute atomic E-state index is 0.374. The van der Waals surface area contributed by atoms with Crippen molar-refractivity contribution in [3.05, 3.63) is 35.9 Å². The van der Waals surface area contributed by atoms with Crippen LogP contribution < -0.4 is 0 Å². The van der Waals surface area contributed by atoms with Crippen molar-refractivity contribution in [1.82, 2.24) is 4.90 Å². The summed E-state index contributed by atoms with van der Waals surface area (Å²) in [5.41, 5.74) is 0.553. The number of rotatable bonds is 5. The van der Waals surface area contributed by atoms with Crippen LogP contribution in [0.15, 0.2) is 30.3 Å². The first-order valence-corrected chi connectivity index (χ1v) is 6.69. The molecule has 0 aliphatic carbocycles. The number of carbonyl (C=O) groups excluding carboxylic acids is 2. The van der Waals surface area contributed by atoms with Crippen LogP contribution in [0.2, 0.25) is 0 Å². The summed E-state index contributed by atoms with van der Waals surface area (Å²) in [4.78, 5) is 23.8. The van der Waals surface area contributed by atoms with E-state index in [1.54, 1.807) is 30.3 Å². The molecule has 2 atom stereocenters. The van der Waals surface area contributed by atoms with Crippen molar-refractivity contribution in [3.8, 4) is 0 Å². The lowest BCUT2D eigenvalue weighted by molar-refractivity contribution is -0.188. The molecule has 4 nitrogen and oxygen atoms in total. The maximum absolute atomic E-state index is 12.8. The van der Waals surface area contributed by atoms with Gasteiger partial charge in [-0.05, 0) is 12.5 Å². The quantitative estimate of drug-likeness (QED) is 0.785. The Morgan fingerprint density at radius 3 is 2.18 bits per heavy atom. The fourth-order valence-corrected chi connectivity index (χ4v) is 2.06. The van der Waals surface area contributed by atoms with Gasteiger partial charge in [0.1, 0.15) is 0 Å². The van der Waals surface area contributed by atoms with E-state index in [1.165, 1.54) is 13.8 Å². The topological polar surface area (TPSA) is 46.6 Å². The molecule has 0 fully saturated rings. The van der Waals surface area contributed by atoms with E-state index < -0.39 is 30.0 Å². The summed E-state index contributed by atoms with van der Waals surface area (Å²) < 4.78 is 42.9. The first kappa shape index (κ1) is 18.0. The van der Waals surface area contributed by atoms with E-state index in [-0.39, 0.29) is 6.54 Å². The summed E-state index contributed by atoms with van der Waals surface area (Å²) in [6, 6.07) is 7.51. The van der Waals surface area contributed by atoms with Gasteiger partial charge in [0.15, 0.2) is 0 Å². The molecule has 0 radical (unpaired) electrons. The molecule has 122 valence electrons. The monoisotopic (exact) mass is 317 g/mol. The molecular weight excluding hydrogens is 299 g/mol. The highest BCUT2D eigenvalue weighted by Gasteiger charge is 2.44. The van der Waals surface area contributed by atoms with Gasteiger partial charge in [-0.25, -0.2) is 0 Å². The van der Waals surface area contributed by atoms with E-state index in [0.29, 0.717) is 10.5 Å². The van der Waals surface area contributed by atoms with E-state index in [4.69, 9.17) is 0 Å². The highest BCUT2D eigenvalue weighted by Crippen LogP contribution is 2.27. The summed E-state index contributed by atoms with van der Waals surface area (Å²) in [6.45, 7) is 2.53. The number of halogens is 3. The molecule has 22 heavy (non-hydrogen) atoms. The van der Waals surface area contributed by atoms with Crippen molar-refractivity contribution in [3.63, 3.8) is 0 Å². The fraction of sp³-hybridized carbons (Fsp3) is 0.467. The Hall–Kier alpha value is -2.05. The number of alkyl halides is 3. The predicted molar refractivity (Wildman–Crippen MR) is 73.8 cm³/mol. The average Bonchev–Trinajstić information content (AvgIpc) is 2.50. The summed E-state index contributed by atoms with van der Waals surface area (Å²) in [6.07, 6.45) is -5.00. The Morgan fingerprint density at radius 2 is 1.73 bits per heavy atom. The molecule has 0 spiro atoms. The van der Waals surface area contributed by atoms with Crippen LogP contribution in [-0.4, -0.2) is 36.6 Å². The molecule has 1 aromatic carbocycles. The molecule has 1 amide bonds. The molecule has 0 bridgehead atoms.